The van der Waals surface area contributed by atoms with Crippen molar-refractivity contribution in [2.75, 3.05) is 18.4 Å². The van der Waals surface area contributed by atoms with E-state index in [9.17, 15) is 9.59 Å². The lowest BCUT2D eigenvalue weighted by Gasteiger charge is -2.19. The zero-order valence-electron chi connectivity index (χ0n) is 13.7. The molecule has 2 amide bonds. The number of anilines is 2. The van der Waals surface area contributed by atoms with Gasteiger partial charge in [-0.15, -0.1) is 0 Å². The van der Waals surface area contributed by atoms with Crippen LogP contribution in [-0.4, -0.2) is 29.8 Å². The van der Waals surface area contributed by atoms with Crippen LogP contribution < -0.4 is 11.1 Å². The number of carbonyl (C=O) groups excluding carboxylic acids is 2. The van der Waals surface area contributed by atoms with Gasteiger partial charge in [0.15, 0.2) is 0 Å². The second-order valence-electron chi connectivity index (χ2n) is 6.18. The van der Waals surface area contributed by atoms with Crippen LogP contribution in [0.5, 0.6) is 0 Å². The number of rotatable bonds is 4. The number of nitrogens with zero attached hydrogens (tertiary/aromatic N) is 1. The Morgan fingerprint density at radius 1 is 1.12 bits per heavy atom. The number of aryl methyl sites for hydroxylation is 1. The summed E-state index contributed by atoms with van der Waals surface area (Å²) in [4.78, 5) is 25.8. The first-order chi connectivity index (χ1) is 11.5. The average molecular weight is 323 g/mol. The first-order valence-corrected chi connectivity index (χ1v) is 8.06. The Morgan fingerprint density at radius 3 is 2.50 bits per heavy atom. The summed E-state index contributed by atoms with van der Waals surface area (Å²) in [5, 5.41) is 3.30. The number of nitrogens with one attached hydrogen (secondary N) is 1. The lowest BCUT2D eigenvalue weighted by molar-refractivity contribution is -0.121. The van der Waals surface area contributed by atoms with Crippen LogP contribution in [0.1, 0.15) is 22.3 Å². The van der Waals surface area contributed by atoms with Crippen molar-refractivity contribution in [3.8, 4) is 0 Å². The van der Waals surface area contributed by atoms with Crippen molar-refractivity contribution in [1.29, 1.82) is 0 Å². The van der Waals surface area contributed by atoms with Gasteiger partial charge in [0, 0.05) is 18.8 Å². The molecule has 1 saturated heterocycles. The molecule has 3 N–H and O–H groups in total. The Bertz CT molecular complexity index is 755. The van der Waals surface area contributed by atoms with Gasteiger partial charge >= 0.3 is 0 Å². The predicted octanol–water partition coefficient (Wildman–Crippen LogP) is 2.69. The molecule has 0 spiro atoms. The van der Waals surface area contributed by atoms with Crippen LogP contribution in [0.15, 0.2) is 48.5 Å². The third-order valence-electron chi connectivity index (χ3n) is 4.37. The third-order valence-corrected chi connectivity index (χ3v) is 4.37. The van der Waals surface area contributed by atoms with Crippen molar-refractivity contribution in [2.45, 2.75) is 13.3 Å². The second-order valence-corrected chi connectivity index (χ2v) is 6.18. The van der Waals surface area contributed by atoms with Gasteiger partial charge in [-0.3, -0.25) is 9.59 Å². The summed E-state index contributed by atoms with van der Waals surface area (Å²) >= 11 is 0. The van der Waals surface area contributed by atoms with Crippen LogP contribution in [0.3, 0.4) is 0 Å². The van der Waals surface area contributed by atoms with Crippen molar-refractivity contribution in [3.05, 3.63) is 59.7 Å². The molecule has 124 valence electrons. The highest BCUT2D eigenvalue weighted by Crippen LogP contribution is 2.25. The molecule has 2 aromatic carbocycles. The number of para-hydroxylation sites is 1. The highest BCUT2D eigenvalue weighted by molar-refractivity contribution is 6.00. The summed E-state index contributed by atoms with van der Waals surface area (Å²) < 4.78 is 0. The topological polar surface area (TPSA) is 75.4 Å². The molecule has 5 heteroatoms. The van der Waals surface area contributed by atoms with Crippen LogP contribution in [-0.2, 0) is 4.79 Å². The van der Waals surface area contributed by atoms with Gasteiger partial charge in [0.1, 0.15) is 0 Å². The average Bonchev–Trinajstić information content (AvgIpc) is 3.07. The number of carbonyl (C=O) groups is 2. The van der Waals surface area contributed by atoms with E-state index in [2.05, 4.69) is 5.32 Å². The fourth-order valence-corrected chi connectivity index (χ4v) is 2.92. The molecule has 1 atom stereocenters. The fourth-order valence-electron chi connectivity index (χ4n) is 2.92. The Labute approximate surface area is 141 Å². The number of hydrogen-bond donors (Lipinski definition) is 2. The number of likely N-dealkylation sites (tertiary alicyclic amines) is 1. The van der Waals surface area contributed by atoms with E-state index in [1.165, 1.54) is 5.56 Å². The van der Waals surface area contributed by atoms with Crippen LogP contribution in [0.4, 0.5) is 11.4 Å². The van der Waals surface area contributed by atoms with Crippen LogP contribution >= 0.6 is 0 Å². The smallest absolute Gasteiger partial charge is 0.255 e. The molecule has 0 aromatic heterocycles. The number of nitrogens with two attached hydrogens (primary N) is 1. The van der Waals surface area contributed by atoms with E-state index in [1.54, 1.807) is 11.0 Å². The zero-order valence-corrected chi connectivity index (χ0v) is 13.7. The Kier molecular flexibility index (Phi) is 4.51. The van der Waals surface area contributed by atoms with Crippen LogP contribution in [0, 0.1) is 12.8 Å². The molecular weight excluding hydrogens is 302 g/mol. The van der Waals surface area contributed by atoms with Crippen molar-refractivity contribution >= 4 is 23.2 Å². The maximum absolute atomic E-state index is 12.8. The molecule has 0 bridgehead atoms. The number of primary amides is 1. The van der Waals surface area contributed by atoms with E-state index in [4.69, 9.17) is 5.73 Å². The van der Waals surface area contributed by atoms with E-state index in [-0.39, 0.29) is 17.7 Å². The largest absolute Gasteiger partial charge is 0.369 e. The lowest BCUT2D eigenvalue weighted by atomic mass is 10.1. The van der Waals surface area contributed by atoms with Crippen molar-refractivity contribution in [3.63, 3.8) is 0 Å². The van der Waals surface area contributed by atoms with Gasteiger partial charge in [0.2, 0.25) is 5.91 Å². The molecule has 1 fully saturated rings. The van der Waals surface area contributed by atoms with Gasteiger partial charge < -0.3 is 16.0 Å². The molecule has 3 rings (SSSR count). The summed E-state index contributed by atoms with van der Waals surface area (Å²) in [5.74, 6) is -0.656. The summed E-state index contributed by atoms with van der Waals surface area (Å²) in [6.07, 6.45) is 0.634. The monoisotopic (exact) mass is 323 g/mol. The highest BCUT2D eigenvalue weighted by atomic mass is 16.2. The van der Waals surface area contributed by atoms with Crippen molar-refractivity contribution in [1.82, 2.24) is 4.90 Å². The van der Waals surface area contributed by atoms with Gasteiger partial charge in [0.25, 0.3) is 5.91 Å². The van der Waals surface area contributed by atoms with E-state index >= 15 is 0 Å². The second kappa shape index (κ2) is 6.74. The van der Waals surface area contributed by atoms with Gasteiger partial charge in [-0.1, -0.05) is 29.8 Å². The molecule has 24 heavy (non-hydrogen) atoms. The molecule has 1 aliphatic rings. The molecule has 1 aliphatic heterocycles. The van der Waals surface area contributed by atoms with E-state index in [0.717, 1.165) is 11.4 Å². The van der Waals surface area contributed by atoms with E-state index in [0.29, 0.717) is 25.1 Å². The molecule has 2 aromatic rings. The van der Waals surface area contributed by atoms with Gasteiger partial charge in [-0.05, 0) is 37.6 Å². The van der Waals surface area contributed by atoms with E-state index in [1.807, 2.05) is 49.4 Å². The maximum Gasteiger partial charge on any atom is 0.255 e. The van der Waals surface area contributed by atoms with Crippen molar-refractivity contribution in [2.24, 2.45) is 11.7 Å². The SMILES string of the molecule is Cc1ccc(Nc2ccccc2C(=O)N2CCC(C(N)=O)C2)cc1. The van der Waals surface area contributed by atoms with Crippen LogP contribution in [0.2, 0.25) is 0 Å². The quantitative estimate of drug-likeness (QED) is 0.908. The van der Waals surface area contributed by atoms with Gasteiger partial charge in [-0.2, -0.15) is 0 Å². The molecule has 5 nitrogen and oxygen atoms in total. The molecular formula is C19H21N3O2. The van der Waals surface area contributed by atoms with Gasteiger partial charge in [-0.25, -0.2) is 0 Å². The maximum atomic E-state index is 12.8. The van der Waals surface area contributed by atoms with E-state index < -0.39 is 0 Å². The molecule has 1 unspecified atom stereocenters. The third kappa shape index (κ3) is 3.40. The molecule has 0 aliphatic carbocycles. The number of amides is 2. The molecule has 0 saturated carbocycles. The summed E-state index contributed by atoms with van der Waals surface area (Å²) in [5.41, 5.74) is 8.82. The Hall–Kier alpha value is -2.82. The molecule has 1 heterocycles. The van der Waals surface area contributed by atoms with Crippen molar-refractivity contribution < 1.29 is 9.59 Å². The Balaban J connectivity index is 1.80. The number of hydrogen-bond acceptors (Lipinski definition) is 3. The normalized spacial score (nSPS) is 16.9. The Morgan fingerprint density at radius 2 is 1.83 bits per heavy atom. The summed E-state index contributed by atoms with van der Waals surface area (Å²) in [7, 11) is 0. The highest BCUT2D eigenvalue weighted by Gasteiger charge is 2.30. The van der Waals surface area contributed by atoms with Gasteiger partial charge in [0.05, 0.1) is 17.2 Å². The zero-order chi connectivity index (χ0) is 17.1. The minimum absolute atomic E-state index is 0.0750. The summed E-state index contributed by atoms with van der Waals surface area (Å²) in [6, 6.07) is 15.4. The van der Waals surface area contributed by atoms with Crippen LogP contribution in [0.25, 0.3) is 0 Å². The molecule has 0 radical (unpaired) electrons. The fraction of sp³-hybridized carbons (Fsp3) is 0.263. The first-order valence-electron chi connectivity index (χ1n) is 8.06. The minimum atomic E-state index is -0.337. The minimum Gasteiger partial charge on any atom is -0.369 e. The number of benzene rings is 2. The lowest BCUT2D eigenvalue weighted by Crippen LogP contribution is -2.32. The standard InChI is InChI=1S/C19H21N3O2/c1-13-6-8-15(9-7-13)21-17-5-3-2-4-16(17)19(24)22-11-10-14(12-22)18(20)23/h2-9,14,21H,10-12H2,1H3,(H2,20,23). The first kappa shape index (κ1) is 16.1. The predicted molar refractivity (Wildman–Crippen MR) is 94.1 cm³/mol. The summed E-state index contributed by atoms with van der Waals surface area (Å²) in [6.45, 7) is 2.99.